The van der Waals surface area contributed by atoms with Crippen LogP contribution in [0.25, 0.3) is 27.8 Å². The van der Waals surface area contributed by atoms with E-state index in [4.69, 9.17) is 23.7 Å². The van der Waals surface area contributed by atoms with Crippen molar-refractivity contribution in [3.8, 4) is 23.0 Å². The zero-order valence-corrected chi connectivity index (χ0v) is 35.7. The minimum atomic E-state index is -2.45. The first-order valence-corrected chi connectivity index (χ1v) is 22.0. The average Bonchev–Trinajstić information content (AvgIpc) is 4.07. The number of methoxy groups -OCH3 is 1. The Balaban J connectivity index is 1.15. The van der Waals surface area contributed by atoms with Crippen LogP contribution in [0.5, 0.6) is 23.0 Å². The topological polar surface area (TPSA) is 200 Å². The lowest BCUT2D eigenvalue weighted by Crippen LogP contribution is -2.70. The van der Waals surface area contributed by atoms with Crippen LogP contribution in [0.2, 0.25) is 0 Å². The lowest BCUT2D eigenvalue weighted by atomic mass is 9.86. The number of aromatic hydroxyl groups is 2. The van der Waals surface area contributed by atoms with Gasteiger partial charge in [0.15, 0.2) is 11.4 Å². The number of fused-ring (bicyclic) bond motifs is 7. The molecule has 0 spiro atoms. The highest BCUT2D eigenvalue weighted by Gasteiger charge is 2.58. The highest BCUT2D eigenvalue weighted by molar-refractivity contribution is 6.11. The van der Waals surface area contributed by atoms with Gasteiger partial charge >= 0.3 is 0 Å². The summed E-state index contributed by atoms with van der Waals surface area (Å²) in [6, 6.07) is 24.9. The molecule has 1 aliphatic carbocycles. The average molecular weight is 883 g/mol. The van der Waals surface area contributed by atoms with Crippen LogP contribution in [0.1, 0.15) is 86.2 Å². The summed E-state index contributed by atoms with van der Waals surface area (Å²) in [4.78, 5) is 33.1. The molecular formula is C51H50N2O12. The zero-order chi connectivity index (χ0) is 45.0. The van der Waals surface area contributed by atoms with E-state index in [0.29, 0.717) is 27.8 Å². The molecule has 1 saturated carbocycles. The van der Waals surface area contributed by atoms with E-state index in [9.17, 15) is 35.1 Å². The molecule has 10 rings (SSSR count). The van der Waals surface area contributed by atoms with Crippen LogP contribution in [0, 0.1) is 0 Å². The van der Waals surface area contributed by atoms with Gasteiger partial charge in [-0.2, -0.15) is 0 Å². The van der Waals surface area contributed by atoms with Crippen molar-refractivity contribution in [2.45, 2.75) is 81.1 Å². The second-order valence-corrected chi connectivity index (χ2v) is 17.4. The summed E-state index contributed by atoms with van der Waals surface area (Å²) in [7, 11) is 1.49. The van der Waals surface area contributed by atoms with E-state index in [-0.39, 0.29) is 71.9 Å². The number of H-pyrrole nitrogens is 1. The van der Waals surface area contributed by atoms with Crippen LogP contribution in [0.4, 0.5) is 0 Å². The lowest BCUT2D eigenvalue weighted by Gasteiger charge is -2.48. The molecule has 3 aliphatic heterocycles. The van der Waals surface area contributed by atoms with Crippen LogP contribution in [0.3, 0.4) is 0 Å². The van der Waals surface area contributed by atoms with E-state index < -0.39 is 48.7 Å². The van der Waals surface area contributed by atoms with Crippen molar-refractivity contribution in [2.75, 3.05) is 26.9 Å². The standard InChI is InChI=1S/C51H50N2O12/c1-61-41-21-31-20-36(29-10-2-3-11-29)44(39(56)24-53-23-30-12-4-5-14-33(30)49(53)59)46(58)43(31)47-35(41)17-18-40(37-22-52-38-16-7-6-15-34(37)38)62-26-42-45(57)48(51(60,27-54)50(64-42)65-47)63-25-28-9-8-13-32(55)19-28/h4-9,12-22,29,40,42,45,48,50,52,54-55,57-58,60H,2-3,10-11,23-27H2,1H3. The number of nitrogens with zero attached hydrogens (tertiary/aromatic N) is 1. The predicted octanol–water partition coefficient (Wildman–Crippen LogP) is 6.80. The van der Waals surface area contributed by atoms with Gasteiger partial charge in [0.2, 0.25) is 6.29 Å². The summed E-state index contributed by atoms with van der Waals surface area (Å²) in [6.07, 6.45) is 1.92. The van der Waals surface area contributed by atoms with E-state index in [2.05, 4.69) is 4.98 Å². The molecule has 4 aliphatic rings. The Bertz CT molecular complexity index is 2830. The van der Waals surface area contributed by atoms with Gasteiger partial charge in [0.05, 0.1) is 50.0 Å². The van der Waals surface area contributed by atoms with E-state index in [1.165, 1.54) is 24.1 Å². The highest BCUT2D eigenvalue weighted by Crippen LogP contribution is 2.50. The highest BCUT2D eigenvalue weighted by atomic mass is 16.7. The largest absolute Gasteiger partial charge is 0.508 e. The molecule has 6 atom stereocenters. The molecule has 1 aromatic heterocycles. The normalized spacial score (nSPS) is 24.5. The molecule has 1 amide bonds. The Kier molecular flexibility index (Phi) is 11.3. The predicted molar refractivity (Wildman–Crippen MR) is 239 cm³/mol. The summed E-state index contributed by atoms with van der Waals surface area (Å²) < 4.78 is 32.1. The lowest BCUT2D eigenvalue weighted by molar-refractivity contribution is -0.338. The van der Waals surface area contributed by atoms with Gasteiger partial charge in [0, 0.05) is 34.8 Å². The fourth-order valence-electron chi connectivity index (χ4n) is 10.1. The number of ketones is 1. The molecule has 1 saturated heterocycles. The Labute approximate surface area is 374 Å². The van der Waals surface area contributed by atoms with Crippen molar-refractivity contribution in [2.24, 2.45) is 0 Å². The van der Waals surface area contributed by atoms with Gasteiger partial charge in [-0.15, -0.1) is 0 Å². The van der Waals surface area contributed by atoms with E-state index in [1.807, 2.05) is 48.7 Å². The van der Waals surface area contributed by atoms with E-state index >= 15 is 0 Å². The van der Waals surface area contributed by atoms with Crippen LogP contribution >= 0.6 is 0 Å². The third-order valence-corrected chi connectivity index (χ3v) is 13.4. The van der Waals surface area contributed by atoms with Crippen molar-refractivity contribution in [1.82, 2.24) is 9.88 Å². The Hall–Kier alpha value is -6.26. The van der Waals surface area contributed by atoms with Crippen molar-refractivity contribution >= 4 is 39.4 Å². The van der Waals surface area contributed by atoms with Crippen molar-refractivity contribution in [1.29, 1.82) is 0 Å². The Morgan fingerprint density at radius 1 is 0.985 bits per heavy atom. The Morgan fingerprint density at radius 3 is 2.57 bits per heavy atom. The molecule has 4 heterocycles. The summed E-state index contributed by atoms with van der Waals surface area (Å²) in [5, 5.41) is 60.0. The number of hydrogen-bond donors (Lipinski definition) is 6. The number of carbonyl (C=O) groups excluding carboxylic acids is 2. The minimum Gasteiger partial charge on any atom is -0.508 e. The van der Waals surface area contributed by atoms with Gasteiger partial charge in [0.25, 0.3) is 5.91 Å². The molecule has 65 heavy (non-hydrogen) atoms. The number of benzene rings is 5. The number of phenols is 2. The first kappa shape index (κ1) is 42.7. The molecule has 6 N–H and O–H groups in total. The smallest absolute Gasteiger partial charge is 0.254 e. The molecule has 0 radical (unpaired) electrons. The van der Waals surface area contributed by atoms with Gasteiger partial charge in [0.1, 0.15) is 47.4 Å². The number of aromatic nitrogens is 1. The minimum absolute atomic E-state index is 0.0129. The molecule has 2 fully saturated rings. The SMILES string of the molecule is COc1cc2cc(C3CCCC3)c(C(=O)CN3Cc4ccccc4C3=O)c(O)c2c2c1C=CC(c1c[nH]c3ccccc13)OCC1OC(O2)C(O)(CO)C(OCc2cccc(O)c2)C1O. The second kappa shape index (κ2) is 17.3. The number of Topliss-reactive ketones (excluding diaryl/α,β-unsaturated/α-hetero) is 1. The molecule has 6 unspecified atom stereocenters. The second-order valence-electron chi connectivity index (χ2n) is 17.4. The van der Waals surface area contributed by atoms with Crippen LogP contribution in [-0.4, -0.2) is 104 Å². The summed E-state index contributed by atoms with van der Waals surface area (Å²) in [5.74, 6) is -0.923. The van der Waals surface area contributed by atoms with Gasteiger partial charge in [-0.25, -0.2) is 0 Å². The van der Waals surface area contributed by atoms with Crippen LogP contribution < -0.4 is 9.47 Å². The van der Waals surface area contributed by atoms with E-state index in [0.717, 1.165) is 47.7 Å². The fraction of sp³-hybridized carbons (Fsp3) is 0.333. The number of carbonyl (C=O) groups is 2. The van der Waals surface area contributed by atoms with Crippen molar-refractivity contribution in [3.63, 3.8) is 0 Å². The van der Waals surface area contributed by atoms with Gasteiger partial charge in [-0.05, 0) is 83.3 Å². The Morgan fingerprint density at radius 2 is 1.78 bits per heavy atom. The maximum absolute atomic E-state index is 14.8. The zero-order valence-electron chi connectivity index (χ0n) is 35.7. The number of aromatic amines is 1. The van der Waals surface area contributed by atoms with Crippen LogP contribution in [-0.2, 0) is 27.4 Å². The summed E-state index contributed by atoms with van der Waals surface area (Å²) in [5.41, 5.74) is 2.04. The van der Waals surface area contributed by atoms with Gasteiger partial charge in [-0.3, -0.25) is 9.59 Å². The quantitative estimate of drug-likeness (QED) is 0.0789. The number of nitrogens with one attached hydrogen (secondary N) is 1. The number of aliphatic hydroxyl groups excluding tert-OH is 2. The molecule has 2 bridgehead atoms. The van der Waals surface area contributed by atoms with E-state index in [1.54, 1.807) is 42.5 Å². The van der Waals surface area contributed by atoms with Crippen molar-refractivity contribution in [3.05, 3.63) is 136 Å². The number of amides is 1. The third-order valence-electron chi connectivity index (χ3n) is 13.4. The maximum Gasteiger partial charge on any atom is 0.254 e. The van der Waals surface area contributed by atoms with Crippen molar-refractivity contribution < 1.29 is 58.8 Å². The monoisotopic (exact) mass is 882 g/mol. The van der Waals surface area contributed by atoms with Crippen LogP contribution in [0.15, 0.2) is 97.2 Å². The number of ether oxygens (including phenoxy) is 5. The molecule has 6 aromatic rings. The first-order valence-electron chi connectivity index (χ1n) is 22.0. The molecular weight excluding hydrogens is 833 g/mol. The maximum atomic E-state index is 14.8. The molecule has 14 nitrogen and oxygen atoms in total. The van der Waals surface area contributed by atoms with Gasteiger partial charge < -0.3 is 59.1 Å². The first-order chi connectivity index (χ1) is 31.6. The summed E-state index contributed by atoms with van der Waals surface area (Å²) >= 11 is 0. The number of rotatable bonds is 10. The number of phenolic OH excluding ortho intramolecular Hbond substituents is 2. The summed E-state index contributed by atoms with van der Waals surface area (Å²) in [6.45, 7) is -1.47. The third kappa shape index (κ3) is 7.59. The number of para-hydroxylation sites is 1. The molecule has 5 aromatic carbocycles. The number of hydrogen-bond acceptors (Lipinski definition) is 12. The molecule has 14 heteroatoms. The number of aliphatic hydroxyl groups is 3. The molecule has 336 valence electrons. The van der Waals surface area contributed by atoms with Gasteiger partial charge in [-0.1, -0.05) is 67.4 Å². The fourth-order valence-corrected chi connectivity index (χ4v) is 10.1.